The van der Waals surface area contributed by atoms with Crippen LogP contribution in [0.1, 0.15) is 37.8 Å². The zero-order valence-corrected chi connectivity index (χ0v) is 16.2. The summed E-state index contributed by atoms with van der Waals surface area (Å²) >= 11 is 5.48. The van der Waals surface area contributed by atoms with Gasteiger partial charge in [-0.2, -0.15) is 0 Å². The predicted octanol–water partition coefficient (Wildman–Crippen LogP) is 2.87. The second-order valence-corrected chi connectivity index (χ2v) is 6.68. The summed E-state index contributed by atoms with van der Waals surface area (Å²) in [4.78, 5) is 25.6. The SMILES string of the molecule is CCN1C(=S)NC(c2cc(OC)c(OC)c([N+](=O)[O-])c2)C2=C1CCCC2=O. The Bertz CT molecular complexity index is 852. The van der Waals surface area contributed by atoms with Gasteiger partial charge in [-0.3, -0.25) is 14.9 Å². The Hall–Kier alpha value is -2.68. The summed E-state index contributed by atoms with van der Waals surface area (Å²) < 4.78 is 10.4. The van der Waals surface area contributed by atoms with Gasteiger partial charge >= 0.3 is 5.69 Å². The van der Waals surface area contributed by atoms with Crippen molar-refractivity contribution in [3.63, 3.8) is 0 Å². The zero-order valence-electron chi connectivity index (χ0n) is 15.4. The molecule has 1 unspecified atom stereocenters. The maximum atomic E-state index is 12.7. The number of methoxy groups -OCH3 is 2. The maximum absolute atomic E-state index is 12.7. The molecule has 1 aromatic carbocycles. The first-order chi connectivity index (χ1) is 12.9. The number of ether oxygens (including phenoxy) is 2. The van der Waals surface area contributed by atoms with Gasteiger partial charge in [-0.05, 0) is 43.6 Å². The molecule has 0 bridgehead atoms. The van der Waals surface area contributed by atoms with Crippen LogP contribution >= 0.6 is 12.2 Å². The lowest BCUT2D eigenvalue weighted by Gasteiger charge is -2.40. The Morgan fingerprint density at radius 3 is 2.67 bits per heavy atom. The molecule has 1 N–H and O–H groups in total. The standard InChI is InChI=1S/C18H21N3O5S/c1-4-20-11-6-5-7-13(22)15(11)16(19-18(20)27)10-8-12(21(23)24)17(26-3)14(9-10)25-2/h8-9,16H,4-7H2,1-3H3,(H,19,27). The van der Waals surface area contributed by atoms with E-state index in [2.05, 4.69) is 5.32 Å². The highest BCUT2D eigenvalue weighted by Gasteiger charge is 2.38. The first-order valence-corrected chi connectivity index (χ1v) is 9.08. The van der Waals surface area contributed by atoms with Gasteiger partial charge in [-0.15, -0.1) is 0 Å². The molecule has 9 heteroatoms. The van der Waals surface area contributed by atoms with Crippen molar-refractivity contribution in [2.75, 3.05) is 20.8 Å². The fourth-order valence-corrected chi connectivity index (χ4v) is 4.06. The fraction of sp³-hybridized carbons (Fsp3) is 0.444. The van der Waals surface area contributed by atoms with Gasteiger partial charge in [-0.25, -0.2) is 0 Å². The number of hydrogen-bond donors (Lipinski definition) is 1. The molecule has 0 amide bonds. The Labute approximate surface area is 162 Å². The Balaban J connectivity index is 2.20. The van der Waals surface area contributed by atoms with Crippen molar-refractivity contribution in [1.29, 1.82) is 0 Å². The lowest BCUT2D eigenvalue weighted by atomic mass is 9.84. The first kappa shape index (κ1) is 19.1. The molecule has 0 aromatic heterocycles. The molecule has 27 heavy (non-hydrogen) atoms. The molecule has 1 atom stereocenters. The first-order valence-electron chi connectivity index (χ1n) is 8.67. The van der Waals surface area contributed by atoms with Crippen LogP contribution in [0.3, 0.4) is 0 Å². The van der Waals surface area contributed by atoms with Gasteiger partial charge in [-0.1, -0.05) is 0 Å². The number of hydrogen-bond acceptors (Lipinski definition) is 6. The van der Waals surface area contributed by atoms with Gasteiger partial charge in [0.05, 0.1) is 25.2 Å². The second kappa shape index (κ2) is 7.51. The van der Waals surface area contributed by atoms with Gasteiger partial charge in [0.1, 0.15) is 0 Å². The molecular formula is C18H21N3O5S. The minimum Gasteiger partial charge on any atom is -0.493 e. The van der Waals surface area contributed by atoms with Crippen LogP contribution in [0.15, 0.2) is 23.4 Å². The molecule has 0 spiro atoms. The van der Waals surface area contributed by atoms with Crippen LogP contribution in [0.5, 0.6) is 11.5 Å². The molecule has 0 saturated carbocycles. The van der Waals surface area contributed by atoms with Crippen molar-refractivity contribution in [1.82, 2.24) is 10.2 Å². The van der Waals surface area contributed by atoms with Crippen LogP contribution in [0.2, 0.25) is 0 Å². The highest BCUT2D eigenvalue weighted by molar-refractivity contribution is 7.80. The fourth-order valence-electron chi connectivity index (χ4n) is 3.70. The lowest BCUT2D eigenvalue weighted by Crippen LogP contribution is -2.49. The van der Waals surface area contributed by atoms with Gasteiger partial charge in [0, 0.05) is 30.3 Å². The van der Waals surface area contributed by atoms with E-state index in [-0.39, 0.29) is 23.0 Å². The van der Waals surface area contributed by atoms with Gasteiger partial charge in [0.15, 0.2) is 16.6 Å². The lowest BCUT2D eigenvalue weighted by molar-refractivity contribution is -0.385. The number of nitro benzene ring substituents is 1. The van der Waals surface area contributed by atoms with Crippen molar-refractivity contribution in [3.8, 4) is 11.5 Å². The monoisotopic (exact) mass is 391 g/mol. The third kappa shape index (κ3) is 3.23. The highest BCUT2D eigenvalue weighted by atomic mass is 32.1. The van der Waals surface area contributed by atoms with Crippen LogP contribution < -0.4 is 14.8 Å². The summed E-state index contributed by atoms with van der Waals surface area (Å²) in [5, 5.41) is 15.2. The summed E-state index contributed by atoms with van der Waals surface area (Å²) in [6, 6.07) is 2.51. The highest BCUT2D eigenvalue weighted by Crippen LogP contribution is 2.43. The number of thiocarbonyl (C=S) groups is 1. The molecule has 144 valence electrons. The number of Topliss-reactive ketones (excluding diaryl/α,β-unsaturated/α-hetero) is 1. The third-order valence-electron chi connectivity index (χ3n) is 4.88. The minimum atomic E-state index is -0.554. The Morgan fingerprint density at radius 2 is 2.07 bits per heavy atom. The molecule has 0 fully saturated rings. The van der Waals surface area contributed by atoms with E-state index in [0.29, 0.717) is 29.2 Å². The number of carbonyl (C=O) groups is 1. The number of allylic oxidation sites excluding steroid dienone is 1. The molecule has 3 rings (SSSR count). The number of carbonyl (C=O) groups excluding carboxylic acids is 1. The number of rotatable bonds is 5. The van der Waals surface area contributed by atoms with E-state index >= 15 is 0 Å². The summed E-state index contributed by atoms with van der Waals surface area (Å²) in [6.45, 7) is 2.62. The van der Waals surface area contributed by atoms with Gasteiger partial charge < -0.3 is 19.7 Å². The number of nitrogens with one attached hydrogen (secondary N) is 1. The van der Waals surface area contributed by atoms with Gasteiger partial charge in [0.2, 0.25) is 5.75 Å². The van der Waals surface area contributed by atoms with Crippen LogP contribution in [-0.2, 0) is 4.79 Å². The maximum Gasteiger partial charge on any atom is 0.315 e. The summed E-state index contributed by atoms with van der Waals surface area (Å²) in [7, 11) is 2.77. The average molecular weight is 391 g/mol. The third-order valence-corrected chi connectivity index (χ3v) is 5.22. The summed E-state index contributed by atoms with van der Waals surface area (Å²) in [5.41, 5.74) is 1.85. The number of nitro groups is 1. The van der Waals surface area contributed by atoms with E-state index in [9.17, 15) is 14.9 Å². The molecule has 8 nitrogen and oxygen atoms in total. The van der Waals surface area contributed by atoms with E-state index < -0.39 is 11.0 Å². The van der Waals surface area contributed by atoms with E-state index in [0.717, 1.165) is 18.5 Å². The minimum absolute atomic E-state index is 0.0344. The predicted molar refractivity (Wildman–Crippen MR) is 103 cm³/mol. The van der Waals surface area contributed by atoms with Crippen molar-refractivity contribution in [2.24, 2.45) is 0 Å². The molecule has 1 aromatic rings. The number of ketones is 1. The largest absolute Gasteiger partial charge is 0.493 e. The van der Waals surface area contributed by atoms with Crippen LogP contribution in [-0.4, -0.2) is 41.5 Å². The topological polar surface area (TPSA) is 93.9 Å². The van der Waals surface area contributed by atoms with Crippen molar-refractivity contribution >= 4 is 28.8 Å². The molecule has 0 radical (unpaired) electrons. The second-order valence-electron chi connectivity index (χ2n) is 6.30. The molecule has 0 saturated heterocycles. The van der Waals surface area contributed by atoms with Crippen LogP contribution in [0.25, 0.3) is 0 Å². The van der Waals surface area contributed by atoms with Crippen molar-refractivity contribution in [3.05, 3.63) is 39.1 Å². The molecule has 2 aliphatic rings. The molecule has 1 aliphatic heterocycles. The zero-order chi connectivity index (χ0) is 19.7. The van der Waals surface area contributed by atoms with Crippen LogP contribution in [0.4, 0.5) is 5.69 Å². The smallest absolute Gasteiger partial charge is 0.315 e. The number of nitrogens with zero attached hydrogens (tertiary/aromatic N) is 2. The Morgan fingerprint density at radius 1 is 1.33 bits per heavy atom. The number of benzene rings is 1. The molecule has 1 aliphatic carbocycles. The summed E-state index contributed by atoms with van der Waals surface area (Å²) in [6.07, 6.45) is 1.98. The van der Waals surface area contributed by atoms with Gasteiger partial charge in [0.25, 0.3) is 0 Å². The molecule has 1 heterocycles. The van der Waals surface area contributed by atoms with E-state index in [1.807, 2.05) is 11.8 Å². The molecular weight excluding hydrogens is 370 g/mol. The Kier molecular flexibility index (Phi) is 5.31. The summed E-state index contributed by atoms with van der Waals surface area (Å²) in [5.74, 6) is 0.314. The van der Waals surface area contributed by atoms with E-state index in [4.69, 9.17) is 21.7 Å². The van der Waals surface area contributed by atoms with E-state index in [1.165, 1.54) is 20.3 Å². The van der Waals surface area contributed by atoms with Crippen LogP contribution in [0, 0.1) is 10.1 Å². The quantitative estimate of drug-likeness (QED) is 0.465. The van der Waals surface area contributed by atoms with E-state index in [1.54, 1.807) is 6.07 Å². The average Bonchev–Trinajstić information content (AvgIpc) is 2.66. The normalized spacial score (nSPS) is 19.5. The van der Waals surface area contributed by atoms with Crippen molar-refractivity contribution < 1.29 is 19.2 Å². The van der Waals surface area contributed by atoms with Crippen molar-refractivity contribution in [2.45, 2.75) is 32.2 Å².